The first-order chi connectivity index (χ1) is 10.3. The van der Waals surface area contributed by atoms with Crippen LogP contribution in [0.5, 0.6) is 5.75 Å². The van der Waals surface area contributed by atoms with Gasteiger partial charge in [0.1, 0.15) is 11.4 Å². The zero-order chi connectivity index (χ0) is 16.3. The number of nitrogens with zero attached hydrogens (tertiary/aromatic N) is 2. The molecule has 5 nitrogen and oxygen atoms in total. The predicted molar refractivity (Wildman–Crippen MR) is 86.7 cm³/mol. The third-order valence-electron chi connectivity index (χ3n) is 3.00. The molecule has 1 aromatic carbocycles. The molecule has 0 fully saturated rings. The Labute approximate surface area is 134 Å². The highest BCUT2D eigenvalue weighted by atomic mass is 35.5. The number of hydrogen-bond donors (Lipinski definition) is 1. The van der Waals surface area contributed by atoms with E-state index in [9.17, 15) is 4.79 Å². The van der Waals surface area contributed by atoms with Crippen LogP contribution in [0.2, 0.25) is 5.15 Å². The SMILES string of the molecule is COc1cccc(NC(=O)c2cnc(C(C)(C)C)c(Cl)n2)c1. The third kappa shape index (κ3) is 3.74. The van der Waals surface area contributed by atoms with Crippen molar-refractivity contribution >= 4 is 23.2 Å². The van der Waals surface area contributed by atoms with Crippen LogP contribution in [-0.2, 0) is 5.41 Å². The third-order valence-corrected chi connectivity index (χ3v) is 3.26. The Balaban J connectivity index is 2.21. The number of amides is 1. The lowest BCUT2D eigenvalue weighted by atomic mass is 9.92. The molecule has 0 atom stereocenters. The highest BCUT2D eigenvalue weighted by Crippen LogP contribution is 2.26. The summed E-state index contributed by atoms with van der Waals surface area (Å²) in [6.07, 6.45) is 1.43. The first kappa shape index (κ1) is 16.2. The van der Waals surface area contributed by atoms with Gasteiger partial charge in [-0.15, -0.1) is 0 Å². The van der Waals surface area contributed by atoms with Gasteiger partial charge in [-0.3, -0.25) is 9.78 Å². The minimum Gasteiger partial charge on any atom is -0.497 e. The topological polar surface area (TPSA) is 64.1 Å². The molecule has 116 valence electrons. The van der Waals surface area contributed by atoms with Gasteiger partial charge in [0.2, 0.25) is 0 Å². The highest BCUT2D eigenvalue weighted by molar-refractivity contribution is 6.30. The molecule has 6 heteroatoms. The number of hydrogen-bond acceptors (Lipinski definition) is 4. The zero-order valence-electron chi connectivity index (χ0n) is 13.0. The standard InChI is InChI=1S/C16H18ClN3O2/c1-16(2,3)13-14(17)20-12(9-18-13)15(21)19-10-6-5-7-11(8-10)22-4/h5-9H,1-4H3,(H,19,21). The lowest BCUT2D eigenvalue weighted by Crippen LogP contribution is -2.19. The van der Waals surface area contributed by atoms with E-state index in [2.05, 4.69) is 15.3 Å². The van der Waals surface area contributed by atoms with Crippen LogP contribution < -0.4 is 10.1 Å². The Hall–Kier alpha value is -2.14. The van der Waals surface area contributed by atoms with Gasteiger partial charge in [-0.05, 0) is 12.1 Å². The van der Waals surface area contributed by atoms with Gasteiger partial charge in [-0.2, -0.15) is 0 Å². The van der Waals surface area contributed by atoms with E-state index in [4.69, 9.17) is 16.3 Å². The predicted octanol–water partition coefficient (Wildman–Crippen LogP) is 3.69. The summed E-state index contributed by atoms with van der Waals surface area (Å²) in [4.78, 5) is 20.6. The molecule has 1 heterocycles. The molecule has 0 aliphatic heterocycles. The number of anilines is 1. The monoisotopic (exact) mass is 319 g/mol. The van der Waals surface area contributed by atoms with Gasteiger partial charge in [0.15, 0.2) is 5.15 Å². The summed E-state index contributed by atoms with van der Waals surface area (Å²) >= 11 is 6.14. The Bertz CT molecular complexity index is 696. The average molecular weight is 320 g/mol. The lowest BCUT2D eigenvalue weighted by molar-refractivity contribution is 0.102. The maximum Gasteiger partial charge on any atom is 0.275 e. The molecule has 0 spiro atoms. The summed E-state index contributed by atoms with van der Waals surface area (Å²) in [7, 11) is 1.57. The first-order valence-corrected chi connectivity index (χ1v) is 7.17. The summed E-state index contributed by atoms with van der Waals surface area (Å²) in [5, 5.41) is 2.98. The summed E-state index contributed by atoms with van der Waals surface area (Å²) in [5.74, 6) is 0.285. The largest absolute Gasteiger partial charge is 0.497 e. The van der Waals surface area contributed by atoms with Crippen molar-refractivity contribution in [3.05, 3.63) is 47.0 Å². The molecule has 22 heavy (non-hydrogen) atoms. The van der Waals surface area contributed by atoms with E-state index < -0.39 is 0 Å². The van der Waals surface area contributed by atoms with Gasteiger partial charge in [-0.1, -0.05) is 38.4 Å². The first-order valence-electron chi connectivity index (χ1n) is 6.79. The number of carbonyl (C=O) groups excluding carboxylic acids is 1. The number of methoxy groups -OCH3 is 1. The summed E-state index contributed by atoms with van der Waals surface area (Å²) in [5.41, 5.74) is 1.21. The molecule has 0 unspecified atom stereocenters. The van der Waals surface area contributed by atoms with Crippen LogP contribution in [0.25, 0.3) is 0 Å². The molecule has 2 aromatic rings. The number of benzene rings is 1. The second kappa shape index (κ2) is 6.32. The normalized spacial score (nSPS) is 11.1. The van der Waals surface area contributed by atoms with Crippen molar-refractivity contribution in [1.29, 1.82) is 0 Å². The van der Waals surface area contributed by atoms with Crippen LogP contribution >= 0.6 is 11.6 Å². The fourth-order valence-electron chi connectivity index (χ4n) is 1.87. The Kier molecular flexibility index (Phi) is 4.66. The summed E-state index contributed by atoms with van der Waals surface area (Å²) in [6, 6.07) is 7.07. The maximum atomic E-state index is 12.2. The van der Waals surface area contributed by atoms with Crippen LogP contribution in [0.3, 0.4) is 0 Å². The van der Waals surface area contributed by atoms with Gasteiger partial charge in [-0.25, -0.2) is 4.98 Å². The molecular formula is C16H18ClN3O2. The van der Waals surface area contributed by atoms with Gasteiger partial charge in [0.25, 0.3) is 5.91 Å². The Morgan fingerprint density at radius 1 is 1.32 bits per heavy atom. The van der Waals surface area contributed by atoms with Crippen molar-refractivity contribution in [3.8, 4) is 5.75 Å². The minimum atomic E-state index is -0.372. The van der Waals surface area contributed by atoms with Crippen molar-refractivity contribution in [2.75, 3.05) is 12.4 Å². The summed E-state index contributed by atoms with van der Waals surface area (Å²) in [6.45, 7) is 5.96. The summed E-state index contributed by atoms with van der Waals surface area (Å²) < 4.78 is 5.11. The number of halogens is 1. The van der Waals surface area contributed by atoms with Gasteiger partial charge >= 0.3 is 0 Å². The average Bonchev–Trinajstić information content (AvgIpc) is 2.46. The highest BCUT2D eigenvalue weighted by Gasteiger charge is 2.21. The van der Waals surface area contributed by atoms with Crippen molar-refractivity contribution < 1.29 is 9.53 Å². The van der Waals surface area contributed by atoms with Crippen molar-refractivity contribution in [1.82, 2.24) is 9.97 Å². The number of carbonyl (C=O) groups is 1. The molecule has 1 aromatic heterocycles. The Morgan fingerprint density at radius 3 is 2.64 bits per heavy atom. The fraction of sp³-hybridized carbons (Fsp3) is 0.312. The van der Waals surface area contributed by atoms with Crippen LogP contribution in [0.4, 0.5) is 5.69 Å². The smallest absolute Gasteiger partial charge is 0.275 e. The van der Waals surface area contributed by atoms with Crippen molar-refractivity contribution in [2.24, 2.45) is 0 Å². The van der Waals surface area contributed by atoms with Gasteiger partial charge < -0.3 is 10.1 Å². The molecule has 0 saturated carbocycles. The molecule has 0 aliphatic carbocycles. The van der Waals surface area contributed by atoms with E-state index >= 15 is 0 Å². The van der Waals surface area contributed by atoms with Crippen LogP contribution in [0.1, 0.15) is 37.0 Å². The van der Waals surface area contributed by atoms with E-state index in [-0.39, 0.29) is 22.2 Å². The van der Waals surface area contributed by atoms with Gasteiger partial charge in [0, 0.05) is 17.2 Å². The second-order valence-corrected chi connectivity index (χ2v) is 6.19. The van der Waals surface area contributed by atoms with E-state index in [0.717, 1.165) is 0 Å². The lowest BCUT2D eigenvalue weighted by Gasteiger charge is -2.18. The maximum absolute atomic E-state index is 12.2. The minimum absolute atomic E-state index is 0.167. The fourth-order valence-corrected chi connectivity index (χ4v) is 2.30. The van der Waals surface area contributed by atoms with Crippen molar-refractivity contribution in [3.63, 3.8) is 0 Å². The zero-order valence-corrected chi connectivity index (χ0v) is 13.7. The van der Waals surface area contributed by atoms with Crippen molar-refractivity contribution in [2.45, 2.75) is 26.2 Å². The van der Waals surface area contributed by atoms with E-state index in [1.54, 1.807) is 31.4 Å². The van der Waals surface area contributed by atoms with E-state index in [1.807, 2.05) is 20.8 Å². The Morgan fingerprint density at radius 2 is 2.05 bits per heavy atom. The molecule has 1 N–H and O–H groups in total. The van der Waals surface area contributed by atoms with Crippen LogP contribution in [0, 0.1) is 0 Å². The number of aromatic nitrogens is 2. The number of nitrogens with one attached hydrogen (secondary N) is 1. The van der Waals surface area contributed by atoms with E-state index in [1.165, 1.54) is 6.20 Å². The van der Waals surface area contributed by atoms with Gasteiger partial charge in [0.05, 0.1) is 19.0 Å². The quantitative estimate of drug-likeness (QED) is 0.937. The molecule has 0 radical (unpaired) electrons. The molecule has 0 bridgehead atoms. The molecule has 0 aliphatic rings. The molecule has 1 amide bonds. The molecule has 2 rings (SSSR count). The van der Waals surface area contributed by atoms with Crippen LogP contribution in [-0.4, -0.2) is 23.0 Å². The number of rotatable bonds is 3. The molecular weight excluding hydrogens is 302 g/mol. The van der Waals surface area contributed by atoms with E-state index in [0.29, 0.717) is 17.1 Å². The van der Waals surface area contributed by atoms with Crippen LogP contribution in [0.15, 0.2) is 30.5 Å². The second-order valence-electron chi connectivity index (χ2n) is 5.83. The number of ether oxygens (including phenoxy) is 1. The molecule has 0 saturated heterocycles.